The molecular formula is C38H46O7S2. The van der Waals surface area contributed by atoms with Crippen molar-refractivity contribution in [3.05, 3.63) is 58.7 Å². The molecule has 252 valence electrons. The van der Waals surface area contributed by atoms with Crippen LogP contribution < -0.4 is 18.9 Å². The number of aliphatic hydroxyl groups is 1. The second kappa shape index (κ2) is 13.9. The molecule has 2 heterocycles. The fourth-order valence-corrected chi connectivity index (χ4v) is 10.7. The maximum absolute atomic E-state index is 12.3. The summed E-state index contributed by atoms with van der Waals surface area (Å²) in [4.78, 5) is 0. The normalized spacial score (nSPS) is 26.1. The van der Waals surface area contributed by atoms with Gasteiger partial charge in [-0.05, 0) is 97.7 Å². The Kier molecular flexibility index (Phi) is 9.68. The molecule has 2 aliphatic heterocycles. The molecule has 4 aliphatic rings. The van der Waals surface area contributed by atoms with E-state index in [-0.39, 0.29) is 29.4 Å². The molecule has 47 heavy (non-hydrogen) atoms. The van der Waals surface area contributed by atoms with E-state index in [1.165, 1.54) is 19.1 Å². The van der Waals surface area contributed by atoms with Gasteiger partial charge in [0, 0.05) is 40.2 Å². The first kappa shape index (κ1) is 32.7. The van der Waals surface area contributed by atoms with Gasteiger partial charge in [0.15, 0.2) is 17.6 Å². The van der Waals surface area contributed by atoms with Crippen LogP contribution in [-0.2, 0) is 6.42 Å². The van der Waals surface area contributed by atoms with E-state index in [0.717, 1.165) is 96.6 Å². The van der Waals surface area contributed by atoms with Crippen molar-refractivity contribution in [3.8, 4) is 45.6 Å². The first-order valence-corrected chi connectivity index (χ1v) is 19.6. The third-order valence-corrected chi connectivity index (χ3v) is 13.1. The van der Waals surface area contributed by atoms with Gasteiger partial charge in [-0.2, -0.15) is 0 Å². The maximum atomic E-state index is 12.3. The summed E-state index contributed by atoms with van der Waals surface area (Å²) in [6.45, 7) is 2.34. The Morgan fingerprint density at radius 3 is 2.43 bits per heavy atom. The Labute approximate surface area is 285 Å². The van der Waals surface area contributed by atoms with Crippen molar-refractivity contribution in [3.63, 3.8) is 0 Å². The highest BCUT2D eigenvalue weighted by Crippen LogP contribution is 2.56. The summed E-state index contributed by atoms with van der Waals surface area (Å²) in [7, 11) is 6.93. The number of hydrogen-bond donors (Lipinski definition) is 3. The lowest BCUT2D eigenvalue weighted by atomic mass is 9.71. The number of phenols is 2. The molecule has 0 saturated heterocycles. The summed E-state index contributed by atoms with van der Waals surface area (Å²) in [6.07, 6.45) is 7.87. The Morgan fingerprint density at radius 2 is 1.64 bits per heavy atom. The molecule has 0 spiro atoms. The zero-order valence-corrected chi connectivity index (χ0v) is 29.1. The van der Waals surface area contributed by atoms with E-state index in [4.69, 9.17) is 18.9 Å². The second-order valence-corrected chi connectivity index (χ2v) is 16.3. The molecule has 5 atom stereocenters. The molecule has 3 N–H and O–H groups in total. The molecule has 2 bridgehead atoms. The van der Waals surface area contributed by atoms with Crippen LogP contribution in [0.15, 0.2) is 36.4 Å². The van der Waals surface area contributed by atoms with Gasteiger partial charge in [0.1, 0.15) is 23.4 Å². The molecule has 2 aliphatic carbocycles. The number of fused-ring (bicyclic) bond motifs is 4. The van der Waals surface area contributed by atoms with Gasteiger partial charge in [0.2, 0.25) is 5.75 Å². The van der Waals surface area contributed by atoms with E-state index >= 15 is 0 Å². The highest BCUT2D eigenvalue weighted by atomic mass is 33.1. The summed E-state index contributed by atoms with van der Waals surface area (Å²) in [5, 5.41) is 33.9. The number of phenolic OH excluding ortho intramolecular Hbond substituents is 2. The van der Waals surface area contributed by atoms with Crippen molar-refractivity contribution in [2.24, 2.45) is 5.92 Å². The van der Waals surface area contributed by atoms with Crippen LogP contribution in [-0.4, -0.2) is 53.3 Å². The molecule has 7 rings (SSSR count). The zero-order chi connectivity index (χ0) is 32.7. The average molecular weight is 679 g/mol. The van der Waals surface area contributed by atoms with E-state index in [0.29, 0.717) is 23.0 Å². The Morgan fingerprint density at radius 1 is 0.851 bits per heavy atom. The van der Waals surface area contributed by atoms with Crippen LogP contribution in [0.4, 0.5) is 0 Å². The lowest BCUT2D eigenvalue weighted by Crippen LogP contribution is -2.37. The Hall–Kier alpha value is -2.88. The molecule has 0 aromatic heterocycles. The first-order chi connectivity index (χ1) is 22.9. The van der Waals surface area contributed by atoms with Crippen LogP contribution in [0.5, 0.6) is 34.5 Å². The molecule has 1 fully saturated rings. The summed E-state index contributed by atoms with van der Waals surface area (Å²) in [5.41, 5.74) is 6.21. The summed E-state index contributed by atoms with van der Waals surface area (Å²) >= 11 is 0. The highest BCUT2D eigenvalue weighted by molar-refractivity contribution is 8.76. The van der Waals surface area contributed by atoms with Crippen LogP contribution in [0, 0.1) is 5.92 Å². The number of rotatable bonds is 5. The lowest BCUT2D eigenvalue weighted by molar-refractivity contribution is 0.00409. The van der Waals surface area contributed by atoms with Crippen molar-refractivity contribution in [1.82, 2.24) is 0 Å². The number of ether oxygens (including phenoxy) is 4. The van der Waals surface area contributed by atoms with Crippen molar-refractivity contribution >= 4 is 21.6 Å². The van der Waals surface area contributed by atoms with Crippen LogP contribution in [0.2, 0.25) is 0 Å². The van der Waals surface area contributed by atoms with Gasteiger partial charge in [-0.25, -0.2) is 0 Å². The van der Waals surface area contributed by atoms with Crippen molar-refractivity contribution in [1.29, 1.82) is 0 Å². The number of aromatic hydroxyl groups is 2. The Bertz CT molecular complexity index is 1600. The topological polar surface area (TPSA) is 97.6 Å². The van der Waals surface area contributed by atoms with E-state index < -0.39 is 12.2 Å². The van der Waals surface area contributed by atoms with Crippen LogP contribution in [0.25, 0.3) is 11.1 Å². The van der Waals surface area contributed by atoms with Gasteiger partial charge >= 0.3 is 0 Å². The molecular weight excluding hydrogens is 633 g/mol. The monoisotopic (exact) mass is 678 g/mol. The van der Waals surface area contributed by atoms with E-state index in [2.05, 4.69) is 6.92 Å². The standard InChI is InChI=1S/C38H46O7S2/c1-21-9-10-22-15-28-34(26-12-11-24(39)18-27(22)26)30(42-2)19-31-35(28)29(20-47-46-14-13-21)36(40)38(45-31)23-16-32(43-3)37(41)33(17-23)44-25-7-5-4-6-8-25/h11-12,16-19,21-22,25,29,36,38-41H,4-10,13-15,20H2,1-3H3. The third kappa shape index (κ3) is 6.35. The van der Waals surface area contributed by atoms with Gasteiger partial charge in [-0.15, -0.1) is 0 Å². The number of aliphatic hydroxyl groups excluding tert-OH is 1. The van der Waals surface area contributed by atoms with E-state index in [1.807, 2.05) is 45.9 Å². The smallest absolute Gasteiger partial charge is 0.200 e. The fraction of sp³-hybridized carbons (Fsp3) is 0.526. The Balaban J connectivity index is 1.35. The minimum absolute atomic E-state index is 0.0257. The van der Waals surface area contributed by atoms with Crippen LogP contribution >= 0.6 is 21.6 Å². The predicted octanol–water partition coefficient (Wildman–Crippen LogP) is 8.91. The van der Waals surface area contributed by atoms with E-state index in [1.54, 1.807) is 19.2 Å². The lowest BCUT2D eigenvalue weighted by Gasteiger charge is -2.41. The fourth-order valence-electron chi connectivity index (χ4n) is 8.07. The van der Waals surface area contributed by atoms with Crippen molar-refractivity contribution in [2.75, 3.05) is 25.7 Å². The molecule has 1 saturated carbocycles. The number of benzene rings is 3. The molecule has 3 aromatic carbocycles. The minimum atomic E-state index is -0.853. The number of methoxy groups -OCH3 is 2. The zero-order valence-electron chi connectivity index (χ0n) is 27.5. The summed E-state index contributed by atoms with van der Waals surface area (Å²) in [6, 6.07) is 11.3. The molecule has 9 heteroatoms. The minimum Gasteiger partial charge on any atom is -0.508 e. The maximum Gasteiger partial charge on any atom is 0.200 e. The SMILES string of the molecule is COc1cc(C2Oc3cc(OC)c4c5c3C(CSSCCC(C)CCC(C5)c3cc(O)ccc3-4)C2O)cc(OC2CCCCC2)c1O. The third-order valence-electron chi connectivity index (χ3n) is 10.7. The van der Waals surface area contributed by atoms with E-state index in [9.17, 15) is 15.3 Å². The number of hydrogen-bond acceptors (Lipinski definition) is 9. The molecule has 0 radical (unpaired) electrons. The van der Waals surface area contributed by atoms with Gasteiger partial charge in [0.25, 0.3) is 0 Å². The average Bonchev–Trinajstić information content (AvgIpc) is 3.09. The highest BCUT2D eigenvalue weighted by Gasteiger charge is 2.43. The second-order valence-electron chi connectivity index (χ2n) is 13.7. The van der Waals surface area contributed by atoms with Gasteiger partial charge in [-0.3, -0.25) is 0 Å². The van der Waals surface area contributed by atoms with Gasteiger partial charge in [0.05, 0.1) is 20.3 Å². The van der Waals surface area contributed by atoms with Gasteiger partial charge in [-0.1, -0.05) is 47.4 Å². The molecule has 0 amide bonds. The van der Waals surface area contributed by atoms with Crippen LogP contribution in [0.1, 0.15) is 98.5 Å². The quantitative estimate of drug-likeness (QED) is 0.229. The molecule has 7 nitrogen and oxygen atoms in total. The van der Waals surface area contributed by atoms with Crippen molar-refractivity contribution < 1.29 is 34.3 Å². The van der Waals surface area contributed by atoms with Crippen LogP contribution in [0.3, 0.4) is 0 Å². The summed E-state index contributed by atoms with van der Waals surface area (Å²) in [5.74, 6) is 4.78. The largest absolute Gasteiger partial charge is 0.508 e. The first-order valence-electron chi connectivity index (χ1n) is 17.1. The van der Waals surface area contributed by atoms with Gasteiger partial charge < -0.3 is 34.3 Å². The molecule has 3 aromatic rings. The molecule has 5 unspecified atom stereocenters. The summed E-state index contributed by atoms with van der Waals surface area (Å²) < 4.78 is 24.8. The van der Waals surface area contributed by atoms with Crippen molar-refractivity contribution in [2.45, 2.75) is 94.9 Å². The predicted molar refractivity (Wildman–Crippen MR) is 189 cm³/mol.